The van der Waals surface area contributed by atoms with E-state index in [9.17, 15) is 0 Å². The van der Waals surface area contributed by atoms with E-state index in [4.69, 9.17) is 0 Å². The summed E-state index contributed by atoms with van der Waals surface area (Å²) in [7, 11) is 0. The van der Waals surface area contributed by atoms with Gasteiger partial charge in [-0.1, -0.05) is 38.1 Å². The van der Waals surface area contributed by atoms with Gasteiger partial charge >= 0.3 is 0 Å². The van der Waals surface area contributed by atoms with Crippen molar-refractivity contribution in [1.29, 1.82) is 0 Å². The summed E-state index contributed by atoms with van der Waals surface area (Å²) in [5, 5.41) is 6.68. The molecule has 0 bridgehead atoms. The lowest BCUT2D eigenvalue weighted by Gasteiger charge is -2.35. The molecule has 1 fully saturated rings. The zero-order valence-corrected chi connectivity index (χ0v) is 13.8. The van der Waals surface area contributed by atoms with Crippen LogP contribution in [0.1, 0.15) is 31.4 Å². The van der Waals surface area contributed by atoms with E-state index in [1.807, 2.05) is 0 Å². The lowest BCUT2D eigenvalue weighted by molar-refractivity contribution is 0.134. The Hall–Kier alpha value is -1.55. The molecule has 1 saturated heterocycles. The molecule has 2 atom stereocenters. The lowest BCUT2D eigenvalue weighted by Crippen LogP contribution is -2.38. The van der Waals surface area contributed by atoms with E-state index in [0.717, 1.165) is 44.0 Å². The van der Waals surface area contributed by atoms with Crippen LogP contribution in [0.2, 0.25) is 0 Å². The number of likely N-dealkylation sites (tertiary alicyclic amines) is 1. The standard InChI is InChI=1S/C18H28N4/c1-14-9-15(2)12-22(11-14)13-17-6-4-3-5-16(17)10-21-18-19-7-8-20-18/h3-6,14-15H,7-13H2,1-2H3,(H2,19,20,21)/t14-,15-/m1/s1. The zero-order valence-electron chi connectivity index (χ0n) is 13.8. The third-order valence-corrected chi connectivity index (χ3v) is 4.58. The third kappa shape index (κ3) is 4.01. The minimum absolute atomic E-state index is 0.811. The normalized spacial score (nSPS) is 25.6. The second-order valence-corrected chi connectivity index (χ2v) is 6.92. The molecule has 0 saturated carbocycles. The number of rotatable bonds is 4. The van der Waals surface area contributed by atoms with Gasteiger partial charge in [0.15, 0.2) is 5.96 Å². The first kappa shape index (κ1) is 15.3. The molecule has 2 aliphatic heterocycles. The van der Waals surface area contributed by atoms with Crippen molar-refractivity contribution >= 4 is 5.96 Å². The predicted molar refractivity (Wildman–Crippen MR) is 91.8 cm³/mol. The van der Waals surface area contributed by atoms with Gasteiger partial charge in [0.05, 0.1) is 6.54 Å². The molecular weight excluding hydrogens is 272 g/mol. The summed E-state index contributed by atoms with van der Waals surface area (Å²) in [6, 6.07) is 8.78. The Kier molecular flexibility index (Phi) is 4.98. The molecule has 2 N–H and O–H groups in total. The van der Waals surface area contributed by atoms with E-state index < -0.39 is 0 Å². The Morgan fingerprint density at radius 2 is 1.91 bits per heavy atom. The van der Waals surface area contributed by atoms with Crippen LogP contribution in [0.15, 0.2) is 29.3 Å². The smallest absolute Gasteiger partial charge is 0.191 e. The number of guanidine groups is 1. The molecule has 0 aromatic heterocycles. The average Bonchev–Trinajstić information content (AvgIpc) is 2.98. The maximum atomic E-state index is 4.40. The van der Waals surface area contributed by atoms with E-state index >= 15 is 0 Å². The lowest BCUT2D eigenvalue weighted by atomic mass is 9.91. The van der Waals surface area contributed by atoms with Crippen LogP contribution in [0.4, 0.5) is 0 Å². The highest BCUT2D eigenvalue weighted by Crippen LogP contribution is 2.23. The molecule has 0 spiro atoms. The van der Waals surface area contributed by atoms with Gasteiger partial charge in [-0.25, -0.2) is 0 Å². The van der Waals surface area contributed by atoms with Crippen LogP contribution in [0.3, 0.4) is 0 Å². The van der Waals surface area contributed by atoms with Crippen molar-refractivity contribution < 1.29 is 0 Å². The fourth-order valence-electron chi connectivity index (χ4n) is 3.74. The summed E-state index contributed by atoms with van der Waals surface area (Å²) in [5.41, 5.74) is 2.82. The van der Waals surface area contributed by atoms with Crippen molar-refractivity contribution in [2.75, 3.05) is 26.2 Å². The summed E-state index contributed by atoms with van der Waals surface area (Å²) in [5.74, 6) is 2.56. The van der Waals surface area contributed by atoms with E-state index in [1.165, 1.54) is 30.6 Å². The second kappa shape index (κ2) is 7.14. The van der Waals surface area contributed by atoms with Gasteiger partial charge in [-0.05, 0) is 29.4 Å². The Morgan fingerprint density at radius 3 is 2.59 bits per heavy atom. The Bertz CT molecular complexity index is 516. The number of benzene rings is 1. The number of nitrogens with one attached hydrogen (secondary N) is 2. The van der Waals surface area contributed by atoms with Gasteiger partial charge in [0, 0.05) is 32.7 Å². The van der Waals surface area contributed by atoms with Crippen LogP contribution in [0, 0.1) is 11.8 Å². The Labute approximate surface area is 134 Å². The summed E-state index contributed by atoms with van der Waals surface area (Å²) in [4.78, 5) is 7.01. The largest absolute Gasteiger partial charge is 0.355 e. The molecule has 2 aliphatic rings. The number of piperidine rings is 1. The van der Waals surface area contributed by atoms with Crippen molar-refractivity contribution in [3.05, 3.63) is 35.4 Å². The van der Waals surface area contributed by atoms with Gasteiger partial charge in [-0.2, -0.15) is 0 Å². The number of hydrogen-bond donors (Lipinski definition) is 2. The fourth-order valence-corrected chi connectivity index (χ4v) is 3.74. The molecule has 4 nitrogen and oxygen atoms in total. The van der Waals surface area contributed by atoms with Crippen LogP contribution < -0.4 is 10.6 Å². The molecule has 0 amide bonds. The molecule has 3 rings (SSSR count). The highest BCUT2D eigenvalue weighted by Gasteiger charge is 2.22. The van der Waals surface area contributed by atoms with Crippen LogP contribution in [-0.4, -0.2) is 37.0 Å². The van der Waals surface area contributed by atoms with E-state index in [2.05, 4.69) is 58.6 Å². The summed E-state index contributed by atoms with van der Waals surface area (Å²) >= 11 is 0. The molecule has 1 aromatic carbocycles. The molecule has 120 valence electrons. The highest BCUT2D eigenvalue weighted by molar-refractivity contribution is 5.81. The Morgan fingerprint density at radius 1 is 1.18 bits per heavy atom. The first-order chi connectivity index (χ1) is 10.7. The Balaban J connectivity index is 1.62. The summed E-state index contributed by atoms with van der Waals surface area (Å²) in [6.45, 7) is 10.9. The number of aliphatic imine (C=N–C) groups is 1. The van der Waals surface area contributed by atoms with Crippen LogP contribution in [-0.2, 0) is 13.1 Å². The van der Waals surface area contributed by atoms with Crippen LogP contribution >= 0.6 is 0 Å². The molecule has 4 heteroatoms. The second-order valence-electron chi connectivity index (χ2n) is 6.92. The van der Waals surface area contributed by atoms with Crippen LogP contribution in [0.25, 0.3) is 0 Å². The first-order valence-electron chi connectivity index (χ1n) is 8.52. The van der Waals surface area contributed by atoms with Gasteiger partial charge < -0.3 is 10.6 Å². The maximum Gasteiger partial charge on any atom is 0.191 e. The molecule has 0 radical (unpaired) electrons. The maximum absolute atomic E-state index is 4.40. The molecule has 1 aromatic rings. The summed E-state index contributed by atoms with van der Waals surface area (Å²) in [6.07, 6.45) is 1.37. The van der Waals surface area contributed by atoms with Gasteiger partial charge in [0.1, 0.15) is 0 Å². The van der Waals surface area contributed by atoms with Crippen molar-refractivity contribution in [1.82, 2.24) is 15.5 Å². The van der Waals surface area contributed by atoms with Crippen molar-refractivity contribution in [3.8, 4) is 0 Å². The average molecular weight is 300 g/mol. The van der Waals surface area contributed by atoms with Gasteiger partial charge in [-0.15, -0.1) is 0 Å². The molecule has 0 unspecified atom stereocenters. The van der Waals surface area contributed by atoms with Crippen molar-refractivity contribution in [3.63, 3.8) is 0 Å². The molecule has 0 aliphatic carbocycles. The topological polar surface area (TPSA) is 39.7 Å². The quantitative estimate of drug-likeness (QED) is 0.895. The van der Waals surface area contributed by atoms with E-state index in [-0.39, 0.29) is 0 Å². The van der Waals surface area contributed by atoms with Crippen molar-refractivity contribution in [2.24, 2.45) is 16.8 Å². The molecular formula is C18H28N4. The number of hydrogen-bond acceptors (Lipinski definition) is 4. The first-order valence-corrected chi connectivity index (χ1v) is 8.52. The third-order valence-electron chi connectivity index (χ3n) is 4.58. The number of nitrogens with zero attached hydrogens (tertiary/aromatic N) is 2. The monoisotopic (exact) mass is 300 g/mol. The SMILES string of the molecule is C[C@@H]1C[C@@H](C)CN(Cc2ccccc2CNC2=NCCN2)C1. The van der Waals surface area contributed by atoms with E-state index in [0.29, 0.717) is 0 Å². The van der Waals surface area contributed by atoms with Gasteiger partial charge in [-0.3, -0.25) is 9.89 Å². The fraction of sp³-hybridized carbons (Fsp3) is 0.611. The highest BCUT2D eigenvalue weighted by atomic mass is 15.2. The minimum atomic E-state index is 0.811. The van der Waals surface area contributed by atoms with Crippen LogP contribution in [0.5, 0.6) is 0 Å². The molecule has 22 heavy (non-hydrogen) atoms. The zero-order chi connectivity index (χ0) is 15.4. The minimum Gasteiger partial charge on any atom is -0.355 e. The van der Waals surface area contributed by atoms with Crippen molar-refractivity contribution in [2.45, 2.75) is 33.4 Å². The van der Waals surface area contributed by atoms with Gasteiger partial charge in [0.2, 0.25) is 0 Å². The van der Waals surface area contributed by atoms with E-state index in [1.54, 1.807) is 0 Å². The predicted octanol–water partition coefficient (Wildman–Crippen LogP) is 2.21. The molecule has 2 heterocycles. The van der Waals surface area contributed by atoms with Gasteiger partial charge in [0.25, 0.3) is 0 Å². The summed E-state index contributed by atoms with van der Waals surface area (Å²) < 4.78 is 0.